The quantitative estimate of drug-likeness (QED) is 0.275. The van der Waals surface area contributed by atoms with Crippen molar-refractivity contribution < 1.29 is 34.7 Å². The molecule has 0 fully saturated rings. The Morgan fingerprint density at radius 3 is 0.778 bits per heavy atom. The van der Waals surface area contributed by atoms with Crippen LogP contribution >= 0.6 is 0 Å². The van der Waals surface area contributed by atoms with Gasteiger partial charge in [-0.25, -0.2) is 0 Å². The van der Waals surface area contributed by atoms with Gasteiger partial charge in [0.05, 0.1) is 0 Å². The van der Waals surface area contributed by atoms with Gasteiger partial charge in [0.2, 0.25) is 0 Å². The van der Waals surface area contributed by atoms with E-state index in [0.717, 1.165) is 0 Å². The van der Waals surface area contributed by atoms with Crippen molar-refractivity contribution in [1.82, 2.24) is 0 Å². The summed E-state index contributed by atoms with van der Waals surface area (Å²) in [5, 5.41) is 0. The van der Waals surface area contributed by atoms with Crippen LogP contribution in [0.4, 0.5) is 0 Å². The Morgan fingerprint density at radius 1 is 0.778 bits per heavy atom. The summed E-state index contributed by atoms with van der Waals surface area (Å²) in [5.74, 6) is 0. The Kier molecular flexibility index (Phi) is 22.6. The zero-order chi connectivity index (χ0) is 7.15. The standard InChI is InChI=1S/2Bi.Cu.6O/q;;+2;;;;;2*-1. The Hall–Kier alpha value is 1.41. The van der Waals surface area contributed by atoms with E-state index in [1.54, 1.807) is 0 Å². The monoisotopic (exact) mass is 577 g/mol. The second-order valence-electron chi connectivity index (χ2n) is 0.447. The fraction of sp³-hybridized carbons (Fsp3) is 0. The van der Waals surface area contributed by atoms with Crippen LogP contribution in [0, 0.1) is 0 Å². The molecule has 9 heavy (non-hydrogen) atoms. The average molecular weight is 578 g/mol. The molecule has 0 saturated carbocycles. The van der Waals surface area contributed by atoms with Crippen LogP contribution in [0.5, 0.6) is 0 Å². The molecule has 0 heterocycles. The van der Waals surface area contributed by atoms with Crippen molar-refractivity contribution in [2.24, 2.45) is 0 Å². The van der Waals surface area contributed by atoms with E-state index < -0.39 is 44.4 Å². The molecule has 0 saturated heterocycles. The summed E-state index contributed by atoms with van der Waals surface area (Å²) in [4.78, 5) is 0. The normalized spacial score (nSPS) is 5.56. The Balaban J connectivity index is -0.0000000720. The van der Waals surface area contributed by atoms with Gasteiger partial charge in [-0.3, -0.25) is 0 Å². The fourth-order valence-electron chi connectivity index (χ4n) is 0. The molecule has 0 amide bonds. The molecule has 0 N–H and O–H groups in total. The van der Waals surface area contributed by atoms with Gasteiger partial charge in [-0.1, -0.05) is 0 Å². The van der Waals surface area contributed by atoms with Gasteiger partial charge in [-0.2, -0.15) is 0 Å². The summed E-state index contributed by atoms with van der Waals surface area (Å²) in [6.07, 6.45) is 0. The molecule has 0 atom stereocenters. The van der Waals surface area contributed by atoms with E-state index in [9.17, 15) is 0 Å². The summed E-state index contributed by atoms with van der Waals surface area (Å²) in [6.45, 7) is 0. The molecular weight excluding hydrogens is 578 g/mol. The molecule has 0 unspecified atom stereocenters. The van der Waals surface area contributed by atoms with Gasteiger partial charge in [0.25, 0.3) is 0 Å². The predicted molar refractivity (Wildman–Crippen MR) is 14.3 cm³/mol. The molecular formula is Bi2CuO6. The van der Waals surface area contributed by atoms with Gasteiger partial charge in [0.15, 0.2) is 0 Å². The molecule has 9 heteroatoms. The molecule has 0 spiro atoms. The van der Waals surface area contributed by atoms with Crippen molar-refractivity contribution in [2.75, 3.05) is 0 Å². The molecule has 0 aromatic carbocycles. The molecule has 0 aromatic rings. The third-order valence-corrected chi connectivity index (χ3v) is 0. The topological polar surface area (TPSA) is 114 Å². The van der Waals surface area contributed by atoms with Crippen LogP contribution < -0.4 is 6.37 Å². The molecule has 6 nitrogen and oxygen atoms in total. The van der Waals surface area contributed by atoms with Gasteiger partial charge in [0, 0.05) is 0 Å². The van der Waals surface area contributed by atoms with E-state index in [0.29, 0.717) is 0 Å². The van der Waals surface area contributed by atoms with Crippen LogP contribution in [-0.2, 0) is 28.3 Å². The van der Waals surface area contributed by atoms with Crippen molar-refractivity contribution in [3.05, 3.63) is 0 Å². The van der Waals surface area contributed by atoms with Gasteiger partial charge >= 0.3 is 79.1 Å². The van der Waals surface area contributed by atoms with Gasteiger partial charge < -0.3 is 0 Å². The van der Waals surface area contributed by atoms with Crippen LogP contribution in [0.25, 0.3) is 0 Å². The van der Waals surface area contributed by atoms with Crippen LogP contribution in [0.3, 0.4) is 0 Å². The van der Waals surface area contributed by atoms with E-state index in [1.807, 2.05) is 0 Å². The molecule has 0 aliphatic rings. The van der Waals surface area contributed by atoms with Crippen molar-refractivity contribution in [1.29, 1.82) is 0 Å². The maximum atomic E-state index is 8.62. The first kappa shape index (κ1) is 16.8. The van der Waals surface area contributed by atoms with Crippen molar-refractivity contribution in [2.45, 2.75) is 0 Å². The van der Waals surface area contributed by atoms with Crippen molar-refractivity contribution in [3.8, 4) is 0 Å². The van der Waals surface area contributed by atoms with E-state index in [-0.39, 0.29) is 17.1 Å². The molecule has 0 rings (SSSR count). The van der Waals surface area contributed by atoms with Crippen LogP contribution in [0.15, 0.2) is 0 Å². The summed E-state index contributed by atoms with van der Waals surface area (Å²) in [6, 6.07) is 0. The molecule has 0 aliphatic heterocycles. The first-order valence-electron chi connectivity index (χ1n) is 1.10. The maximum absolute atomic E-state index is 8.62. The van der Waals surface area contributed by atoms with Crippen molar-refractivity contribution >= 4 is 44.4 Å². The average Bonchev–Trinajstić information content (AvgIpc) is 1.25. The molecule has 0 bridgehead atoms. The van der Waals surface area contributed by atoms with Gasteiger partial charge in [-0.15, -0.1) is 0 Å². The Bertz CT molecular complexity index is 128. The minimum absolute atomic E-state index is 0. The van der Waals surface area contributed by atoms with Crippen LogP contribution in [-0.4, -0.2) is 44.4 Å². The third-order valence-electron chi connectivity index (χ3n) is 0. The summed E-state index contributed by atoms with van der Waals surface area (Å²) in [5.41, 5.74) is 0. The zero-order valence-corrected chi connectivity index (χ0v) is 11.5. The first-order chi connectivity index (χ1) is 3.46. The summed E-state index contributed by atoms with van der Waals surface area (Å²) < 4.78 is 51.7. The Labute approximate surface area is 78.1 Å². The molecule has 0 aliphatic carbocycles. The third kappa shape index (κ3) is 261. The zero-order valence-electron chi connectivity index (χ0n) is 3.65. The number of hydrogen-bond acceptors (Lipinski definition) is 6. The Morgan fingerprint density at radius 2 is 0.778 bits per heavy atom. The summed E-state index contributed by atoms with van der Waals surface area (Å²) in [7, 11) is 0. The molecule has 1 radical (unpaired) electrons. The van der Waals surface area contributed by atoms with Crippen LogP contribution in [0.2, 0.25) is 0 Å². The van der Waals surface area contributed by atoms with E-state index in [1.165, 1.54) is 0 Å². The number of rotatable bonds is 0. The summed E-state index contributed by atoms with van der Waals surface area (Å²) >= 11 is -8.69. The molecule has 0 aromatic heterocycles. The van der Waals surface area contributed by atoms with E-state index in [4.69, 9.17) is 17.6 Å². The second kappa shape index (κ2) is 12.1. The SMILES string of the molecule is [Cu+2].[O]=[Bi](=[O])[O-].[O]=[Bi](=[O])[O-]. The van der Waals surface area contributed by atoms with Crippen molar-refractivity contribution in [3.63, 3.8) is 0 Å². The predicted octanol–water partition coefficient (Wildman–Crippen LogP) is -3.62. The second-order valence-corrected chi connectivity index (χ2v) is 3.92. The molecule has 57 valence electrons. The fourth-order valence-corrected chi connectivity index (χ4v) is 0. The number of hydrogen-bond donors (Lipinski definition) is 0. The van der Waals surface area contributed by atoms with Gasteiger partial charge in [-0.05, 0) is 0 Å². The van der Waals surface area contributed by atoms with Gasteiger partial charge in [0.1, 0.15) is 0 Å². The van der Waals surface area contributed by atoms with E-state index in [2.05, 4.69) is 0 Å². The van der Waals surface area contributed by atoms with Crippen LogP contribution in [0.1, 0.15) is 0 Å². The first-order valence-corrected chi connectivity index (χ1v) is 9.61. The minimum atomic E-state index is -4.34. The van der Waals surface area contributed by atoms with E-state index >= 15 is 0 Å².